The van der Waals surface area contributed by atoms with Gasteiger partial charge in [0.15, 0.2) is 0 Å². The predicted molar refractivity (Wildman–Crippen MR) is 177 cm³/mol. The smallest absolute Gasteiger partial charge is 0.317 e. The van der Waals surface area contributed by atoms with Crippen molar-refractivity contribution >= 4 is 34.6 Å². The van der Waals surface area contributed by atoms with Crippen LogP contribution in [0.1, 0.15) is 62.6 Å². The number of benzene rings is 3. The molecule has 4 rings (SSSR count). The van der Waals surface area contributed by atoms with Crippen LogP contribution in [0.25, 0.3) is 11.3 Å². The molecule has 0 fully saturated rings. The molecule has 0 aliphatic rings. The van der Waals surface area contributed by atoms with E-state index in [1.165, 1.54) is 28.2 Å². The second-order valence-electron chi connectivity index (χ2n) is 11.1. The molecule has 0 radical (unpaired) electrons. The maximum Gasteiger partial charge on any atom is 0.317 e. The molecule has 1 heterocycles. The molecule has 0 aliphatic carbocycles. The lowest BCUT2D eigenvalue weighted by Gasteiger charge is -2.30. The van der Waals surface area contributed by atoms with Crippen molar-refractivity contribution in [3.8, 4) is 11.3 Å². The number of thiazole rings is 1. The number of aromatic nitrogens is 1. The van der Waals surface area contributed by atoms with Crippen molar-refractivity contribution in [2.24, 2.45) is 0 Å². The normalized spacial score (nSPS) is 11.3. The summed E-state index contributed by atoms with van der Waals surface area (Å²) in [6, 6.07) is 27.0. The Bertz CT molecular complexity index is 1450. The Kier molecular flexibility index (Phi) is 11.5. The lowest BCUT2D eigenvalue weighted by atomic mass is 9.94. The third kappa shape index (κ3) is 9.24. The first kappa shape index (κ1) is 31.9. The molecule has 0 aliphatic heterocycles. The number of hydrogen-bond acceptors (Lipinski definition) is 6. The van der Waals surface area contributed by atoms with Gasteiger partial charge in [-0.25, -0.2) is 4.98 Å². The van der Waals surface area contributed by atoms with Crippen LogP contribution in [0.4, 0.5) is 11.4 Å². The summed E-state index contributed by atoms with van der Waals surface area (Å²) in [6.07, 6.45) is 2.31. The summed E-state index contributed by atoms with van der Waals surface area (Å²) in [5.41, 5.74) is 6.37. The van der Waals surface area contributed by atoms with Gasteiger partial charge in [0, 0.05) is 34.9 Å². The molecule has 0 bridgehead atoms. The zero-order valence-corrected chi connectivity index (χ0v) is 26.3. The van der Waals surface area contributed by atoms with Gasteiger partial charge in [-0.15, -0.1) is 11.3 Å². The van der Waals surface area contributed by atoms with Gasteiger partial charge in [-0.2, -0.15) is 0 Å². The van der Waals surface area contributed by atoms with Crippen LogP contribution in [0.15, 0.2) is 84.2 Å². The maximum absolute atomic E-state index is 12.6. The molecule has 0 saturated carbocycles. The van der Waals surface area contributed by atoms with E-state index in [0.29, 0.717) is 17.6 Å². The first-order valence-corrected chi connectivity index (χ1v) is 15.8. The van der Waals surface area contributed by atoms with Gasteiger partial charge in [0.1, 0.15) is 5.01 Å². The van der Waals surface area contributed by atoms with E-state index in [9.17, 15) is 14.7 Å². The lowest BCUT2D eigenvalue weighted by Crippen LogP contribution is -2.36. The molecule has 1 amide bonds. The van der Waals surface area contributed by atoms with Crippen molar-refractivity contribution in [3.05, 3.63) is 100 Å². The quantitative estimate of drug-likeness (QED) is 0.146. The zero-order chi connectivity index (χ0) is 30.8. The summed E-state index contributed by atoms with van der Waals surface area (Å²) >= 11 is 1.47. The van der Waals surface area contributed by atoms with E-state index in [-0.39, 0.29) is 25.5 Å². The fourth-order valence-electron chi connectivity index (χ4n) is 5.24. The molecule has 0 unspecified atom stereocenters. The van der Waals surface area contributed by atoms with E-state index in [1.54, 1.807) is 17.0 Å². The van der Waals surface area contributed by atoms with Crippen molar-refractivity contribution in [1.29, 1.82) is 0 Å². The number of rotatable bonds is 15. The first-order valence-electron chi connectivity index (χ1n) is 14.9. The molecular weight excluding hydrogens is 556 g/mol. The summed E-state index contributed by atoms with van der Waals surface area (Å²) < 4.78 is 0. The molecule has 0 spiro atoms. The van der Waals surface area contributed by atoms with E-state index in [2.05, 4.69) is 86.4 Å². The molecule has 2 N–H and O–H groups in total. The Labute approximate surface area is 259 Å². The van der Waals surface area contributed by atoms with Gasteiger partial charge in [0.25, 0.3) is 0 Å². The Hall–Kier alpha value is -4.01. The number of aliphatic carboxylic acids is 1. The Morgan fingerprint density at radius 2 is 1.56 bits per heavy atom. The number of carboxylic acid groups (broad SMARTS) is 1. The van der Waals surface area contributed by atoms with E-state index in [4.69, 9.17) is 4.98 Å². The maximum atomic E-state index is 12.6. The molecule has 0 atom stereocenters. The Morgan fingerprint density at radius 3 is 2.16 bits per heavy atom. The third-order valence-electron chi connectivity index (χ3n) is 7.60. The minimum absolute atomic E-state index is 0.0440. The van der Waals surface area contributed by atoms with Gasteiger partial charge in [-0.3, -0.25) is 14.5 Å². The van der Waals surface area contributed by atoms with Gasteiger partial charge < -0.3 is 15.3 Å². The number of para-hydroxylation sites is 1. The van der Waals surface area contributed by atoms with Crippen molar-refractivity contribution < 1.29 is 14.7 Å². The van der Waals surface area contributed by atoms with Crippen LogP contribution in [0.2, 0.25) is 0 Å². The molecule has 1 aromatic heterocycles. The van der Waals surface area contributed by atoms with Gasteiger partial charge in [-0.1, -0.05) is 68.4 Å². The van der Waals surface area contributed by atoms with Crippen LogP contribution in [0.3, 0.4) is 0 Å². The zero-order valence-electron chi connectivity index (χ0n) is 25.5. The second-order valence-corrected chi connectivity index (χ2v) is 12.0. The summed E-state index contributed by atoms with van der Waals surface area (Å²) in [4.78, 5) is 32.8. The number of anilines is 2. The molecule has 7 nitrogen and oxygen atoms in total. The molecule has 4 aromatic rings. The van der Waals surface area contributed by atoms with Crippen LogP contribution in [0, 0.1) is 0 Å². The molecule has 0 saturated heterocycles. The standard InChI is InChI=1S/C35H42N4O3S/c1-5-27(6-2)28-16-18-31(19-17-28)39(25(3)4)20-26-12-14-29(15-13-26)32-24-43-34(37-32)22-38(23-35(41)42)21-33(40)36-30-10-8-7-9-11-30/h7-19,24-25,27H,5-6,20-23H2,1-4H3,(H,36,40)(H,41,42). The van der Waals surface area contributed by atoms with Crippen molar-refractivity contribution in [2.45, 2.75) is 65.6 Å². The predicted octanol–water partition coefficient (Wildman–Crippen LogP) is 7.65. The minimum Gasteiger partial charge on any atom is -0.480 e. The fraction of sp³-hybridized carbons (Fsp3) is 0.343. The minimum atomic E-state index is -0.989. The van der Waals surface area contributed by atoms with Gasteiger partial charge in [-0.05, 0) is 68.0 Å². The van der Waals surface area contributed by atoms with E-state index in [0.717, 1.165) is 35.7 Å². The number of nitrogens with one attached hydrogen (secondary N) is 1. The summed E-state index contributed by atoms with van der Waals surface area (Å²) in [7, 11) is 0. The highest BCUT2D eigenvalue weighted by Gasteiger charge is 2.18. The number of nitrogens with zero attached hydrogens (tertiary/aromatic N) is 3. The van der Waals surface area contributed by atoms with E-state index < -0.39 is 5.97 Å². The van der Waals surface area contributed by atoms with Crippen LogP contribution in [-0.2, 0) is 22.7 Å². The van der Waals surface area contributed by atoms with Crippen molar-refractivity contribution in [2.75, 3.05) is 23.3 Å². The van der Waals surface area contributed by atoms with Crippen LogP contribution < -0.4 is 10.2 Å². The van der Waals surface area contributed by atoms with Gasteiger partial charge >= 0.3 is 5.97 Å². The van der Waals surface area contributed by atoms with Gasteiger partial charge in [0.2, 0.25) is 5.91 Å². The third-order valence-corrected chi connectivity index (χ3v) is 8.44. The average Bonchev–Trinajstić information content (AvgIpc) is 3.45. The van der Waals surface area contributed by atoms with Crippen LogP contribution in [-0.4, -0.2) is 46.0 Å². The largest absolute Gasteiger partial charge is 0.480 e. The SMILES string of the molecule is CCC(CC)c1ccc(N(Cc2ccc(-c3csc(CN(CC(=O)O)CC(=O)Nc4ccccc4)n3)cc2)C(C)C)cc1. The highest BCUT2D eigenvalue weighted by Crippen LogP contribution is 2.28. The molecule has 43 heavy (non-hydrogen) atoms. The summed E-state index contributed by atoms with van der Waals surface area (Å²) in [6.45, 7) is 9.73. The number of hydrogen-bond donors (Lipinski definition) is 2. The first-order chi connectivity index (χ1) is 20.7. The van der Waals surface area contributed by atoms with E-state index >= 15 is 0 Å². The van der Waals surface area contributed by atoms with Crippen molar-refractivity contribution in [3.63, 3.8) is 0 Å². The van der Waals surface area contributed by atoms with Gasteiger partial charge in [0.05, 0.1) is 25.3 Å². The molecule has 8 heteroatoms. The summed E-state index contributed by atoms with van der Waals surface area (Å²) in [5, 5.41) is 15.0. The topological polar surface area (TPSA) is 85.8 Å². The highest BCUT2D eigenvalue weighted by atomic mass is 32.1. The van der Waals surface area contributed by atoms with E-state index in [1.807, 2.05) is 23.6 Å². The second kappa shape index (κ2) is 15.5. The number of carboxylic acids is 1. The molecule has 226 valence electrons. The Balaban J connectivity index is 1.40. The Morgan fingerprint density at radius 1 is 0.884 bits per heavy atom. The number of carbonyl (C=O) groups excluding carboxylic acids is 1. The molecule has 3 aromatic carbocycles. The lowest BCUT2D eigenvalue weighted by molar-refractivity contribution is -0.138. The number of carbonyl (C=O) groups is 2. The highest BCUT2D eigenvalue weighted by molar-refractivity contribution is 7.09. The van der Waals surface area contributed by atoms with Crippen molar-refractivity contribution in [1.82, 2.24) is 9.88 Å². The fourth-order valence-corrected chi connectivity index (χ4v) is 6.08. The number of amides is 1. The monoisotopic (exact) mass is 598 g/mol. The molecular formula is C35H42N4O3S. The van der Waals surface area contributed by atoms with Crippen LogP contribution >= 0.6 is 11.3 Å². The average molecular weight is 599 g/mol. The summed E-state index contributed by atoms with van der Waals surface area (Å²) in [5.74, 6) is -0.644. The van der Waals surface area contributed by atoms with Crippen LogP contribution in [0.5, 0.6) is 0 Å².